The van der Waals surface area contributed by atoms with Crippen LogP contribution in [0.15, 0.2) is 97.1 Å². The lowest BCUT2D eigenvalue weighted by molar-refractivity contribution is 0.0489. The van der Waals surface area contributed by atoms with E-state index in [9.17, 15) is 24.0 Å². The number of ether oxygens (including phenoxy) is 2. The number of rotatable bonds is 8. The number of hydrogen-bond donors (Lipinski definition) is 2. The smallest absolute Gasteiger partial charge is 0.357 e. The Hall–Kier alpha value is -5.65. The molecule has 0 fully saturated rings. The monoisotopic (exact) mass is 540 g/mol. The molecule has 4 N–H and O–H groups in total. The summed E-state index contributed by atoms with van der Waals surface area (Å²) in [4.78, 5) is 72.2. The molecule has 0 unspecified atom stereocenters. The first-order valence-corrected chi connectivity index (χ1v) is 11.5. The molecule has 0 bridgehead atoms. The third kappa shape index (κ3) is 6.07. The number of hydrogen-bond acceptors (Lipinski definition) is 11. The lowest BCUT2D eigenvalue weighted by atomic mass is 9.95. The van der Waals surface area contributed by atoms with Crippen molar-refractivity contribution in [3.63, 3.8) is 0 Å². The van der Waals surface area contributed by atoms with Crippen LogP contribution < -0.4 is 21.3 Å². The normalized spacial score (nSPS) is 10.2. The SMILES string of the molecule is NOC(=O)c1ccc(C(=O)c2ccc(C(=O)ON)c(C(=O)Oc3ccccc3)c2)cc1C(=O)Oc1ccccc1. The quantitative estimate of drug-likeness (QED) is 0.145. The summed E-state index contributed by atoms with van der Waals surface area (Å²) in [6, 6.07) is 23.2. The Labute approximate surface area is 226 Å². The third-order valence-corrected chi connectivity index (χ3v) is 5.56. The number of nitrogens with two attached hydrogens (primary N) is 2. The molecule has 4 aromatic carbocycles. The molecule has 200 valence electrons. The third-order valence-electron chi connectivity index (χ3n) is 5.56. The van der Waals surface area contributed by atoms with Crippen LogP contribution in [0.3, 0.4) is 0 Å². The van der Waals surface area contributed by atoms with Gasteiger partial charge in [-0.2, -0.15) is 11.8 Å². The van der Waals surface area contributed by atoms with Crippen LogP contribution in [-0.2, 0) is 9.68 Å². The Balaban J connectivity index is 1.72. The zero-order chi connectivity index (χ0) is 28.6. The second kappa shape index (κ2) is 12.3. The fourth-order valence-electron chi connectivity index (χ4n) is 3.66. The van der Waals surface area contributed by atoms with E-state index in [0.717, 1.165) is 12.1 Å². The number of carbonyl (C=O) groups is 5. The Morgan fingerprint density at radius 1 is 0.450 bits per heavy atom. The summed E-state index contributed by atoms with van der Waals surface area (Å²) in [6.07, 6.45) is 0. The van der Waals surface area contributed by atoms with Gasteiger partial charge in [0.1, 0.15) is 11.5 Å². The second-order valence-electron chi connectivity index (χ2n) is 8.07. The van der Waals surface area contributed by atoms with Gasteiger partial charge >= 0.3 is 23.9 Å². The minimum atomic E-state index is -1.03. The van der Waals surface area contributed by atoms with Gasteiger partial charge in [0.2, 0.25) is 0 Å². The van der Waals surface area contributed by atoms with Crippen molar-refractivity contribution in [1.82, 2.24) is 0 Å². The van der Waals surface area contributed by atoms with Gasteiger partial charge < -0.3 is 19.1 Å². The number of esters is 2. The minimum Gasteiger partial charge on any atom is -0.423 e. The molecule has 0 aliphatic carbocycles. The predicted molar refractivity (Wildman–Crippen MR) is 138 cm³/mol. The van der Waals surface area contributed by atoms with E-state index in [-0.39, 0.29) is 44.9 Å². The van der Waals surface area contributed by atoms with Crippen LogP contribution in [0.2, 0.25) is 0 Å². The van der Waals surface area contributed by atoms with Crippen LogP contribution in [0.5, 0.6) is 11.5 Å². The number of benzene rings is 4. The van der Waals surface area contributed by atoms with Crippen molar-refractivity contribution in [3.05, 3.63) is 130 Å². The molecule has 0 spiro atoms. The van der Waals surface area contributed by atoms with Gasteiger partial charge in [-0.25, -0.2) is 19.2 Å². The Morgan fingerprint density at radius 2 is 0.825 bits per heavy atom. The van der Waals surface area contributed by atoms with Crippen LogP contribution >= 0.6 is 0 Å². The number of para-hydroxylation sites is 2. The van der Waals surface area contributed by atoms with E-state index in [4.69, 9.17) is 21.3 Å². The highest BCUT2D eigenvalue weighted by Gasteiger charge is 2.25. The summed E-state index contributed by atoms with van der Waals surface area (Å²) >= 11 is 0. The molecule has 0 amide bonds. The topological polar surface area (TPSA) is 174 Å². The molecule has 11 heteroatoms. The van der Waals surface area contributed by atoms with E-state index < -0.39 is 29.7 Å². The van der Waals surface area contributed by atoms with E-state index >= 15 is 0 Å². The van der Waals surface area contributed by atoms with Crippen LogP contribution in [0.4, 0.5) is 0 Å². The molecule has 0 aliphatic heterocycles. The van der Waals surface area contributed by atoms with Gasteiger partial charge in [0.15, 0.2) is 5.78 Å². The van der Waals surface area contributed by atoms with Gasteiger partial charge in [-0.05, 0) is 48.5 Å². The molecule has 11 nitrogen and oxygen atoms in total. The van der Waals surface area contributed by atoms with E-state index in [0.29, 0.717) is 0 Å². The van der Waals surface area contributed by atoms with E-state index in [1.165, 1.54) is 48.5 Å². The molecule has 0 aromatic heterocycles. The standard InChI is InChI=1S/C29H20N2O9/c30-39-28(35)21-13-11-17(15-23(21)26(33)37-19-7-3-1-4-8-19)25(32)18-12-14-22(29(36)40-31)24(16-18)27(34)38-20-9-5-2-6-10-20/h1-16H,30-31H2. The van der Waals surface area contributed by atoms with Gasteiger partial charge in [0.05, 0.1) is 22.3 Å². The molecule has 4 aromatic rings. The van der Waals surface area contributed by atoms with Crippen molar-refractivity contribution >= 4 is 29.7 Å². The fourth-order valence-corrected chi connectivity index (χ4v) is 3.66. The van der Waals surface area contributed by atoms with Crippen molar-refractivity contribution in [1.29, 1.82) is 0 Å². The van der Waals surface area contributed by atoms with Crippen LogP contribution in [0.1, 0.15) is 57.4 Å². The van der Waals surface area contributed by atoms with Crippen LogP contribution in [-0.4, -0.2) is 29.7 Å². The van der Waals surface area contributed by atoms with E-state index in [1.807, 2.05) is 0 Å². The molecule has 4 rings (SSSR count). The van der Waals surface area contributed by atoms with Gasteiger partial charge in [-0.3, -0.25) is 4.79 Å². The second-order valence-corrected chi connectivity index (χ2v) is 8.07. The molecule has 0 aliphatic rings. The lowest BCUT2D eigenvalue weighted by Crippen LogP contribution is -2.20. The van der Waals surface area contributed by atoms with Crippen molar-refractivity contribution in [2.24, 2.45) is 11.8 Å². The fraction of sp³-hybridized carbons (Fsp3) is 0. The Kier molecular flexibility index (Phi) is 8.40. The molecular weight excluding hydrogens is 520 g/mol. The lowest BCUT2D eigenvalue weighted by Gasteiger charge is -2.12. The zero-order valence-corrected chi connectivity index (χ0v) is 20.6. The summed E-state index contributed by atoms with van der Waals surface area (Å²) in [5, 5.41) is 0. The number of carbonyl (C=O) groups excluding carboxylic acids is 5. The Morgan fingerprint density at radius 3 is 1.18 bits per heavy atom. The highest BCUT2D eigenvalue weighted by Crippen LogP contribution is 2.22. The van der Waals surface area contributed by atoms with Crippen molar-refractivity contribution in [3.8, 4) is 11.5 Å². The highest BCUT2D eigenvalue weighted by atomic mass is 16.7. The van der Waals surface area contributed by atoms with Gasteiger partial charge in [0.25, 0.3) is 0 Å². The molecule has 40 heavy (non-hydrogen) atoms. The van der Waals surface area contributed by atoms with Gasteiger partial charge in [-0.15, -0.1) is 0 Å². The number of ketones is 1. The van der Waals surface area contributed by atoms with Crippen LogP contribution in [0.25, 0.3) is 0 Å². The molecular formula is C29H20N2O9. The van der Waals surface area contributed by atoms with E-state index in [2.05, 4.69) is 9.68 Å². The summed E-state index contributed by atoms with van der Waals surface area (Å²) in [7, 11) is 0. The van der Waals surface area contributed by atoms with E-state index in [1.54, 1.807) is 36.4 Å². The molecule has 0 radical (unpaired) electrons. The van der Waals surface area contributed by atoms with Crippen molar-refractivity contribution in [2.75, 3.05) is 0 Å². The first-order chi connectivity index (χ1) is 19.3. The molecule has 0 atom stereocenters. The maximum atomic E-state index is 13.4. The maximum Gasteiger partial charge on any atom is 0.357 e. The highest BCUT2D eigenvalue weighted by molar-refractivity contribution is 6.14. The average molecular weight is 540 g/mol. The van der Waals surface area contributed by atoms with Gasteiger partial charge in [-0.1, -0.05) is 48.5 Å². The van der Waals surface area contributed by atoms with Crippen molar-refractivity contribution in [2.45, 2.75) is 0 Å². The Bertz CT molecular complexity index is 1480. The van der Waals surface area contributed by atoms with Gasteiger partial charge in [0, 0.05) is 11.1 Å². The minimum absolute atomic E-state index is 0.0508. The molecule has 0 heterocycles. The first-order valence-electron chi connectivity index (χ1n) is 11.5. The first kappa shape index (κ1) is 27.4. The molecule has 0 saturated carbocycles. The summed E-state index contributed by atoms with van der Waals surface area (Å²) in [5.74, 6) is 5.77. The molecule has 0 saturated heterocycles. The zero-order valence-electron chi connectivity index (χ0n) is 20.6. The largest absolute Gasteiger partial charge is 0.423 e. The average Bonchev–Trinajstić information content (AvgIpc) is 3.00. The van der Waals surface area contributed by atoms with Crippen LogP contribution in [0, 0.1) is 0 Å². The summed E-state index contributed by atoms with van der Waals surface area (Å²) < 4.78 is 10.6. The van der Waals surface area contributed by atoms with Crippen molar-refractivity contribution < 1.29 is 43.1 Å². The summed E-state index contributed by atoms with van der Waals surface area (Å²) in [6.45, 7) is 0. The predicted octanol–water partition coefficient (Wildman–Crippen LogP) is 3.42. The summed E-state index contributed by atoms with van der Waals surface area (Å²) in [5.41, 5.74) is -1.18. The maximum absolute atomic E-state index is 13.4.